The number of hydrogen-bond donors (Lipinski definition) is 1. The van der Waals surface area contributed by atoms with E-state index in [1.54, 1.807) is 27.8 Å². The highest BCUT2D eigenvalue weighted by molar-refractivity contribution is 7.09. The molecule has 1 N–H and O–H groups in total. The number of esters is 1. The molecule has 0 fully saturated rings. The monoisotopic (exact) mass is 402 g/mol. The van der Waals surface area contributed by atoms with E-state index >= 15 is 0 Å². The summed E-state index contributed by atoms with van der Waals surface area (Å²) in [5, 5.41) is 10.7. The zero-order chi connectivity index (χ0) is 21.2. The van der Waals surface area contributed by atoms with Gasteiger partial charge < -0.3 is 19.5 Å². The van der Waals surface area contributed by atoms with Crippen LogP contribution >= 0.6 is 11.3 Å². The molecule has 1 aromatic rings. The summed E-state index contributed by atoms with van der Waals surface area (Å²) < 4.78 is 10.4. The highest BCUT2D eigenvalue weighted by atomic mass is 32.1. The van der Waals surface area contributed by atoms with Crippen LogP contribution in [0.2, 0.25) is 0 Å². The quantitative estimate of drug-likeness (QED) is 0.713. The van der Waals surface area contributed by atoms with Crippen molar-refractivity contribution >= 4 is 29.4 Å². The van der Waals surface area contributed by atoms with Crippen molar-refractivity contribution < 1.29 is 29.0 Å². The van der Waals surface area contributed by atoms with Gasteiger partial charge in [-0.1, -0.05) is 20.3 Å². The third-order valence-corrected chi connectivity index (χ3v) is 3.69. The fourth-order valence-corrected chi connectivity index (χ4v) is 2.56. The number of carbonyl (C=O) groups excluding carboxylic acids is 2. The second-order valence-electron chi connectivity index (χ2n) is 6.87. The first-order valence-electron chi connectivity index (χ1n) is 8.71. The minimum absolute atomic E-state index is 0.104. The van der Waals surface area contributed by atoms with Crippen LogP contribution in [-0.2, 0) is 14.3 Å². The number of ether oxygens (including phenoxy) is 2. The molecule has 1 atom stereocenters. The smallest absolute Gasteiger partial charge is 0.410 e. The highest BCUT2D eigenvalue weighted by Crippen LogP contribution is 2.25. The van der Waals surface area contributed by atoms with Gasteiger partial charge in [0.15, 0.2) is 11.8 Å². The first-order valence-corrected chi connectivity index (χ1v) is 9.59. The fourth-order valence-electron chi connectivity index (χ4n) is 1.71. The summed E-state index contributed by atoms with van der Waals surface area (Å²) in [5.41, 5.74) is -0.709. The molecule has 8 nitrogen and oxygen atoms in total. The molecular weight excluding hydrogens is 372 g/mol. The molecule has 0 saturated carbocycles. The molecule has 1 amide bonds. The molecule has 0 aromatic carbocycles. The van der Waals surface area contributed by atoms with E-state index in [0.717, 1.165) is 11.3 Å². The van der Waals surface area contributed by atoms with E-state index in [0.29, 0.717) is 5.01 Å². The van der Waals surface area contributed by atoms with Crippen molar-refractivity contribution in [2.24, 2.45) is 0 Å². The van der Waals surface area contributed by atoms with Crippen LogP contribution in [0.3, 0.4) is 0 Å². The van der Waals surface area contributed by atoms with E-state index < -0.39 is 29.7 Å². The maximum absolute atomic E-state index is 11.9. The summed E-state index contributed by atoms with van der Waals surface area (Å²) in [6.07, 6.45) is 0.321. The number of hydrogen-bond acceptors (Lipinski definition) is 7. The maximum Gasteiger partial charge on any atom is 0.410 e. The lowest BCUT2D eigenvalue weighted by Gasteiger charge is -2.25. The van der Waals surface area contributed by atoms with E-state index in [4.69, 9.17) is 14.6 Å². The fraction of sp³-hybridized carbons (Fsp3) is 0.667. The zero-order valence-corrected chi connectivity index (χ0v) is 17.9. The minimum atomic E-state index is -1.15. The highest BCUT2D eigenvalue weighted by Gasteiger charge is 2.24. The predicted octanol–water partition coefficient (Wildman–Crippen LogP) is 4.12. The van der Waals surface area contributed by atoms with Gasteiger partial charge >= 0.3 is 18.0 Å². The molecule has 9 heteroatoms. The lowest BCUT2D eigenvalue weighted by atomic mass is 10.2. The van der Waals surface area contributed by atoms with Crippen LogP contribution in [0.25, 0.3) is 0 Å². The van der Waals surface area contributed by atoms with Gasteiger partial charge in [0.25, 0.3) is 0 Å². The average molecular weight is 403 g/mol. The molecule has 0 saturated heterocycles. The Balaban J connectivity index is 0.00000210. The first-order chi connectivity index (χ1) is 12.4. The van der Waals surface area contributed by atoms with Gasteiger partial charge in [-0.05, 0) is 20.8 Å². The van der Waals surface area contributed by atoms with Crippen molar-refractivity contribution in [1.29, 1.82) is 0 Å². The summed E-state index contributed by atoms with van der Waals surface area (Å²) in [7, 11) is 1.57. The number of carbonyl (C=O) groups is 3. The van der Waals surface area contributed by atoms with E-state index in [-0.39, 0.29) is 18.7 Å². The van der Waals surface area contributed by atoms with Gasteiger partial charge in [0, 0.05) is 32.3 Å². The van der Waals surface area contributed by atoms with Crippen LogP contribution in [-0.4, -0.2) is 52.2 Å². The summed E-state index contributed by atoms with van der Waals surface area (Å²) in [4.78, 5) is 39.4. The maximum atomic E-state index is 11.9. The van der Waals surface area contributed by atoms with Crippen molar-refractivity contribution in [3.63, 3.8) is 0 Å². The standard InChI is InChI=1S/C15H22N2O6S.C3H8/c1-9(18)22-11(12-16-10(8-24-12)13(19)20)6-7-17(5)14(21)23-15(2,3)4;1-3-2/h8,11H,6-7H2,1-5H3,(H,19,20);3H2,1-2H3. The largest absolute Gasteiger partial charge is 0.476 e. The molecule has 1 heterocycles. The Labute approximate surface area is 164 Å². The SMILES string of the molecule is CC(=O)OC(CCN(C)C(=O)OC(C)(C)C)c1nc(C(=O)O)cs1.CCC. The number of carboxylic acid groups (broad SMARTS) is 1. The molecule has 1 aromatic heterocycles. The molecule has 0 bridgehead atoms. The topological polar surface area (TPSA) is 106 Å². The molecule has 1 rings (SSSR count). The Hall–Kier alpha value is -2.16. The predicted molar refractivity (Wildman–Crippen MR) is 103 cm³/mol. The molecule has 0 aliphatic carbocycles. The Kier molecular flexibility index (Phi) is 10.6. The van der Waals surface area contributed by atoms with Crippen LogP contribution in [0.15, 0.2) is 5.38 Å². The van der Waals surface area contributed by atoms with E-state index in [9.17, 15) is 14.4 Å². The van der Waals surface area contributed by atoms with Gasteiger partial charge in [0.2, 0.25) is 0 Å². The third kappa shape index (κ3) is 10.5. The lowest BCUT2D eigenvalue weighted by Crippen LogP contribution is -2.35. The second kappa shape index (κ2) is 11.5. The minimum Gasteiger partial charge on any atom is -0.476 e. The molecule has 0 radical (unpaired) electrons. The van der Waals surface area contributed by atoms with E-state index in [2.05, 4.69) is 18.8 Å². The second-order valence-corrected chi connectivity index (χ2v) is 7.76. The van der Waals surface area contributed by atoms with Crippen molar-refractivity contribution in [3.8, 4) is 0 Å². The number of aromatic carboxylic acids is 1. The third-order valence-electron chi connectivity index (χ3n) is 2.76. The molecular formula is C18H30N2O6S. The summed E-state index contributed by atoms with van der Waals surface area (Å²) >= 11 is 1.09. The van der Waals surface area contributed by atoms with E-state index in [1.807, 2.05) is 0 Å². The van der Waals surface area contributed by atoms with E-state index in [1.165, 1.54) is 23.6 Å². The van der Waals surface area contributed by atoms with Crippen molar-refractivity contribution in [1.82, 2.24) is 9.88 Å². The van der Waals surface area contributed by atoms with Crippen LogP contribution in [0.1, 0.15) is 76.0 Å². The first kappa shape index (κ1) is 24.8. The number of carboxylic acids is 1. The number of aromatic nitrogens is 1. The normalized spacial score (nSPS) is 11.7. The Bertz CT molecular complexity index is 624. The average Bonchev–Trinajstić information content (AvgIpc) is 2.99. The molecule has 154 valence electrons. The molecule has 27 heavy (non-hydrogen) atoms. The van der Waals surface area contributed by atoms with Crippen molar-refractivity contribution in [3.05, 3.63) is 16.1 Å². The number of rotatable bonds is 6. The summed E-state index contributed by atoms with van der Waals surface area (Å²) in [6, 6.07) is 0. The Morgan fingerprint density at radius 1 is 1.30 bits per heavy atom. The molecule has 0 aliphatic rings. The van der Waals surface area contributed by atoms with Gasteiger partial charge in [-0.15, -0.1) is 11.3 Å². The van der Waals surface area contributed by atoms with Gasteiger partial charge in [-0.25, -0.2) is 14.6 Å². The number of nitrogens with zero attached hydrogens (tertiary/aromatic N) is 2. The zero-order valence-electron chi connectivity index (χ0n) is 17.1. The van der Waals surface area contributed by atoms with Crippen molar-refractivity contribution in [2.45, 2.75) is 66.1 Å². The summed E-state index contributed by atoms with van der Waals surface area (Å²) in [6.45, 7) is 11.1. The molecule has 1 unspecified atom stereocenters. The molecule has 0 spiro atoms. The number of thiazole rings is 1. The van der Waals surface area contributed by atoms with Crippen molar-refractivity contribution in [2.75, 3.05) is 13.6 Å². The van der Waals surface area contributed by atoms with Gasteiger partial charge in [-0.2, -0.15) is 0 Å². The molecule has 0 aliphatic heterocycles. The van der Waals surface area contributed by atoms with Crippen LogP contribution in [0.5, 0.6) is 0 Å². The Morgan fingerprint density at radius 2 is 1.85 bits per heavy atom. The van der Waals surface area contributed by atoms with Crippen LogP contribution in [0, 0.1) is 0 Å². The summed E-state index contributed by atoms with van der Waals surface area (Å²) in [5.74, 6) is -1.66. The van der Waals surface area contributed by atoms with Crippen LogP contribution in [0.4, 0.5) is 4.79 Å². The van der Waals surface area contributed by atoms with Gasteiger partial charge in [0.05, 0.1) is 0 Å². The lowest BCUT2D eigenvalue weighted by molar-refractivity contribution is -0.147. The van der Waals surface area contributed by atoms with Crippen LogP contribution < -0.4 is 0 Å². The van der Waals surface area contributed by atoms with Gasteiger partial charge in [-0.3, -0.25) is 4.79 Å². The Morgan fingerprint density at radius 3 is 2.26 bits per heavy atom. The number of amides is 1. The van der Waals surface area contributed by atoms with Gasteiger partial charge in [0.1, 0.15) is 10.6 Å².